The number of likely N-dealkylation sites (tertiary alicyclic amines) is 1. The van der Waals surface area contributed by atoms with Crippen LogP contribution in [0.2, 0.25) is 5.02 Å². The lowest BCUT2D eigenvalue weighted by atomic mass is 10.0. The normalized spacial score (nSPS) is 21.2. The molecule has 2 heterocycles. The van der Waals surface area contributed by atoms with Crippen LogP contribution in [0.25, 0.3) is 11.0 Å². The van der Waals surface area contributed by atoms with Crippen LogP contribution in [0, 0.1) is 0 Å². The first-order valence-corrected chi connectivity index (χ1v) is 9.78. The van der Waals surface area contributed by atoms with Gasteiger partial charge in [0, 0.05) is 18.1 Å². The molecule has 0 aliphatic carbocycles. The number of benzene rings is 2. The number of aliphatic hydroxyl groups is 3. The number of rotatable bonds is 4. The van der Waals surface area contributed by atoms with Crippen LogP contribution in [0.3, 0.4) is 0 Å². The van der Waals surface area contributed by atoms with E-state index in [0.29, 0.717) is 5.02 Å². The summed E-state index contributed by atoms with van der Waals surface area (Å²) in [5, 5.41) is 71.6. The molecule has 31 heavy (non-hydrogen) atoms. The average molecular weight is 452 g/mol. The van der Waals surface area contributed by atoms with Crippen molar-refractivity contribution in [2.75, 3.05) is 13.1 Å². The Morgan fingerprint density at radius 2 is 1.52 bits per heavy atom. The minimum atomic E-state index is -2.33. The number of aromatic hydroxyl groups is 4. The van der Waals surface area contributed by atoms with E-state index in [1.807, 2.05) is 0 Å². The molecule has 1 fully saturated rings. The van der Waals surface area contributed by atoms with E-state index in [9.17, 15) is 35.7 Å². The van der Waals surface area contributed by atoms with Gasteiger partial charge in [-0.15, -0.1) is 0 Å². The maximum atomic E-state index is 10.5. The Bertz CT molecular complexity index is 1140. The third kappa shape index (κ3) is 3.52. The van der Waals surface area contributed by atoms with Gasteiger partial charge in [0.05, 0.1) is 13.1 Å². The van der Waals surface area contributed by atoms with E-state index in [1.54, 1.807) is 29.2 Å². The number of hydrogen-bond donors (Lipinski definition) is 7. The number of halogens is 1. The maximum Gasteiger partial charge on any atom is 0.206 e. The molecule has 2 aromatic carbocycles. The van der Waals surface area contributed by atoms with Crippen LogP contribution >= 0.6 is 11.6 Å². The third-order valence-corrected chi connectivity index (χ3v) is 5.88. The molecule has 0 spiro atoms. The molecular weight excluding hydrogens is 430 g/mol. The highest BCUT2D eigenvalue weighted by atomic mass is 35.5. The van der Waals surface area contributed by atoms with Gasteiger partial charge in [-0.05, 0) is 24.6 Å². The second kappa shape index (κ2) is 7.14. The lowest BCUT2D eigenvalue weighted by Crippen LogP contribution is -2.50. The molecule has 1 unspecified atom stereocenters. The van der Waals surface area contributed by atoms with Gasteiger partial charge in [-0.3, -0.25) is 4.90 Å². The molecule has 4 rings (SSSR count). The van der Waals surface area contributed by atoms with E-state index in [2.05, 4.69) is 4.98 Å². The lowest BCUT2D eigenvalue weighted by Gasteiger charge is -2.27. The highest BCUT2D eigenvalue weighted by molar-refractivity contribution is 6.30. The molecule has 0 radical (unpaired) electrons. The predicted molar refractivity (Wildman–Crippen MR) is 110 cm³/mol. The fraction of sp³-hybridized carbons (Fsp3) is 0.350. The highest BCUT2D eigenvalue weighted by Gasteiger charge is 2.52. The van der Waals surface area contributed by atoms with Gasteiger partial charge >= 0.3 is 0 Å². The van der Waals surface area contributed by atoms with Gasteiger partial charge < -0.3 is 40.3 Å². The van der Waals surface area contributed by atoms with Gasteiger partial charge in [-0.25, -0.2) is 4.98 Å². The minimum Gasteiger partial charge on any atom is -0.503 e. The number of phenols is 4. The van der Waals surface area contributed by atoms with Crippen molar-refractivity contribution in [3.05, 3.63) is 40.7 Å². The van der Waals surface area contributed by atoms with Crippen LogP contribution in [0.5, 0.6) is 23.0 Å². The van der Waals surface area contributed by atoms with Crippen LogP contribution in [0.15, 0.2) is 24.3 Å². The zero-order chi connectivity index (χ0) is 22.7. The van der Waals surface area contributed by atoms with E-state index >= 15 is 0 Å². The largest absolute Gasteiger partial charge is 0.503 e. The summed E-state index contributed by atoms with van der Waals surface area (Å²) in [6.45, 7) is 1.14. The van der Waals surface area contributed by atoms with Gasteiger partial charge in [0.2, 0.25) is 17.3 Å². The fourth-order valence-electron chi connectivity index (χ4n) is 3.83. The molecule has 1 aromatic heterocycles. The molecule has 0 bridgehead atoms. The number of fused-ring (bicyclic) bond motifs is 1. The zero-order valence-electron chi connectivity index (χ0n) is 16.5. The van der Waals surface area contributed by atoms with E-state index < -0.39 is 34.4 Å². The molecule has 7 N–H and O–H groups in total. The van der Waals surface area contributed by atoms with Gasteiger partial charge in [0.1, 0.15) is 22.5 Å². The number of nitrogens with zero attached hydrogens (tertiary/aromatic N) is 3. The molecule has 11 heteroatoms. The summed E-state index contributed by atoms with van der Waals surface area (Å²) < 4.78 is 1.52. The predicted octanol–water partition coefficient (Wildman–Crippen LogP) is 0.808. The van der Waals surface area contributed by atoms with E-state index in [1.165, 1.54) is 11.5 Å². The van der Waals surface area contributed by atoms with Crippen molar-refractivity contribution in [3.63, 3.8) is 0 Å². The average Bonchev–Trinajstić information content (AvgIpc) is 3.13. The third-order valence-electron chi connectivity index (χ3n) is 5.63. The summed E-state index contributed by atoms with van der Waals surface area (Å²) in [4.78, 5) is 5.87. The Kier molecular flexibility index (Phi) is 4.95. The second-order valence-electron chi connectivity index (χ2n) is 8.07. The summed E-state index contributed by atoms with van der Waals surface area (Å²) in [5.74, 6) is -5.20. The molecular formula is C20H22ClN3O7. The van der Waals surface area contributed by atoms with Crippen molar-refractivity contribution in [1.29, 1.82) is 0 Å². The number of aromatic nitrogens is 2. The van der Waals surface area contributed by atoms with Gasteiger partial charge in [0.25, 0.3) is 0 Å². The molecule has 0 amide bonds. The number of phenolic OH excluding ortho intramolecular Hbond substituents is 4. The van der Waals surface area contributed by atoms with Crippen LogP contribution < -0.4 is 0 Å². The summed E-state index contributed by atoms with van der Waals surface area (Å²) in [7, 11) is 0. The van der Waals surface area contributed by atoms with E-state index in [-0.39, 0.29) is 43.0 Å². The summed E-state index contributed by atoms with van der Waals surface area (Å²) >= 11 is 5.94. The molecule has 1 atom stereocenters. The Hall–Kier alpha value is -2.76. The van der Waals surface area contributed by atoms with Crippen LogP contribution in [0.1, 0.15) is 18.3 Å². The molecule has 1 aliphatic heterocycles. The molecule has 1 aliphatic rings. The van der Waals surface area contributed by atoms with Crippen molar-refractivity contribution in [3.8, 4) is 23.0 Å². The van der Waals surface area contributed by atoms with E-state index in [4.69, 9.17) is 11.6 Å². The standard InChI is InChI=1S/C20H22ClN3O7/c1-19(29)8-23(9-20(19,30)31)7-12-22-13-14(16(26)18(28)17(27)15(13)25)24(12)6-10-2-4-11(21)5-3-10/h2-5,25-31H,6-9H2,1H3. The highest BCUT2D eigenvalue weighted by Crippen LogP contribution is 2.48. The number of hydrogen-bond acceptors (Lipinski definition) is 9. The monoisotopic (exact) mass is 451 g/mol. The molecule has 166 valence electrons. The Morgan fingerprint density at radius 3 is 2.10 bits per heavy atom. The Balaban J connectivity index is 1.83. The van der Waals surface area contributed by atoms with Gasteiger partial charge in [-0.1, -0.05) is 23.7 Å². The SMILES string of the molecule is CC1(O)CN(Cc2nc3c(O)c(O)c(O)c(O)c3n2Cc2ccc(Cl)cc2)CC1(O)O. The van der Waals surface area contributed by atoms with Crippen molar-refractivity contribution >= 4 is 22.6 Å². The smallest absolute Gasteiger partial charge is 0.206 e. The fourth-order valence-corrected chi connectivity index (χ4v) is 3.95. The summed E-state index contributed by atoms with van der Waals surface area (Å²) in [6.07, 6.45) is 0. The quantitative estimate of drug-likeness (QED) is 0.173. The number of β-amino-alcohol motifs (C(OH)–C–C–N with tert-alkyl or cyclic N) is 3. The molecule has 3 aromatic rings. The second-order valence-corrected chi connectivity index (χ2v) is 8.50. The molecule has 0 saturated carbocycles. The Morgan fingerprint density at radius 1 is 0.903 bits per heavy atom. The van der Waals surface area contributed by atoms with Gasteiger partial charge in [0.15, 0.2) is 11.5 Å². The first-order chi connectivity index (χ1) is 14.4. The molecule has 1 saturated heterocycles. The van der Waals surface area contributed by atoms with Gasteiger partial charge in [-0.2, -0.15) is 0 Å². The van der Waals surface area contributed by atoms with Crippen LogP contribution in [-0.4, -0.2) is 74.7 Å². The van der Waals surface area contributed by atoms with E-state index in [0.717, 1.165) is 5.56 Å². The van der Waals surface area contributed by atoms with Crippen molar-refractivity contribution in [1.82, 2.24) is 14.5 Å². The van der Waals surface area contributed by atoms with Crippen molar-refractivity contribution in [2.24, 2.45) is 0 Å². The lowest BCUT2D eigenvalue weighted by molar-refractivity contribution is -0.239. The first kappa shape index (κ1) is 21.5. The van der Waals surface area contributed by atoms with Crippen molar-refractivity contribution < 1.29 is 35.7 Å². The number of imidazole rings is 1. The first-order valence-electron chi connectivity index (χ1n) is 9.40. The zero-order valence-corrected chi connectivity index (χ0v) is 17.2. The van der Waals surface area contributed by atoms with Crippen molar-refractivity contribution in [2.45, 2.75) is 31.4 Å². The topological polar surface area (TPSA) is 163 Å². The maximum absolute atomic E-state index is 10.5. The Labute approximate surface area is 181 Å². The summed E-state index contributed by atoms with van der Waals surface area (Å²) in [5.41, 5.74) is -1.16. The minimum absolute atomic E-state index is 0.0111. The summed E-state index contributed by atoms with van der Waals surface area (Å²) in [6, 6.07) is 6.87. The van der Waals surface area contributed by atoms with Crippen LogP contribution in [0.4, 0.5) is 0 Å². The van der Waals surface area contributed by atoms with Crippen LogP contribution in [-0.2, 0) is 13.1 Å². The molecule has 10 nitrogen and oxygen atoms in total.